The SMILES string of the molecule is C.Cc1ccc(-c2ccc3ccccc3c2-c2ccc(Cl)cc2)cc1.O=S(=O)(Oc1ccc2ccccc2c1Br)C(F)(F)F.OB(O)c1ccc(Cl)cc1.[B]. The monoisotopic (exact) mass is 865 g/mol. The molecule has 14 heteroatoms. The molecular weight excluding hydrogens is 834 g/mol. The normalized spacial score (nSPS) is 10.9. The molecule has 281 valence electrons. The smallest absolute Gasteiger partial charge is 0.423 e. The predicted octanol–water partition coefficient (Wildman–Crippen LogP) is 11.2. The van der Waals surface area contributed by atoms with Gasteiger partial charge in [0.05, 0.1) is 4.47 Å². The van der Waals surface area contributed by atoms with Crippen LogP contribution in [0.1, 0.15) is 13.0 Å². The van der Waals surface area contributed by atoms with E-state index in [1.54, 1.807) is 48.5 Å². The molecule has 0 unspecified atom stereocenters. The Morgan fingerprint density at radius 2 is 1.13 bits per heavy atom. The fourth-order valence-corrected chi connectivity index (χ4v) is 6.65. The molecule has 3 radical (unpaired) electrons. The van der Waals surface area contributed by atoms with Crippen LogP contribution < -0.4 is 9.65 Å². The molecule has 0 spiro atoms. The number of alkyl halides is 3. The molecule has 55 heavy (non-hydrogen) atoms. The van der Waals surface area contributed by atoms with Crippen molar-refractivity contribution in [3.63, 3.8) is 0 Å². The molecule has 0 aliphatic heterocycles. The number of benzene rings is 7. The van der Waals surface area contributed by atoms with E-state index in [0.717, 1.165) is 16.5 Å². The summed E-state index contributed by atoms with van der Waals surface area (Å²) in [5.41, 5.74) is 1.18. The third-order valence-electron chi connectivity index (χ3n) is 7.90. The molecule has 0 saturated heterocycles. The summed E-state index contributed by atoms with van der Waals surface area (Å²) in [4.78, 5) is 0. The molecule has 5 nitrogen and oxygen atoms in total. The molecule has 2 N–H and O–H groups in total. The summed E-state index contributed by atoms with van der Waals surface area (Å²) in [5.74, 6) is -0.406. The van der Waals surface area contributed by atoms with E-state index < -0.39 is 28.5 Å². The largest absolute Gasteiger partial charge is 0.534 e. The van der Waals surface area contributed by atoms with E-state index >= 15 is 0 Å². The van der Waals surface area contributed by atoms with Crippen molar-refractivity contribution in [1.82, 2.24) is 0 Å². The number of aryl methyl sites for hydroxylation is 1. The van der Waals surface area contributed by atoms with Gasteiger partial charge in [-0.1, -0.05) is 151 Å². The number of hydrogen-bond donors (Lipinski definition) is 2. The maximum Gasteiger partial charge on any atom is 0.534 e. The van der Waals surface area contributed by atoms with Crippen LogP contribution in [0.15, 0.2) is 150 Å². The van der Waals surface area contributed by atoms with Crippen LogP contribution in [0.2, 0.25) is 10.0 Å². The second-order valence-corrected chi connectivity index (χ2v) is 14.8. The summed E-state index contributed by atoms with van der Waals surface area (Å²) >= 11 is 14.7. The summed E-state index contributed by atoms with van der Waals surface area (Å²) in [6, 6.07) is 45.5. The lowest BCUT2D eigenvalue weighted by molar-refractivity contribution is -0.0500. The first-order chi connectivity index (χ1) is 25.1. The number of halogens is 6. The van der Waals surface area contributed by atoms with E-state index in [0.29, 0.717) is 15.9 Å². The maximum atomic E-state index is 12.2. The molecule has 0 amide bonds. The molecule has 0 aromatic heterocycles. The highest BCUT2D eigenvalue weighted by molar-refractivity contribution is 9.10. The average molecular weight is 867 g/mol. The van der Waals surface area contributed by atoms with Crippen molar-refractivity contribution in [3.8, 4) is 28.0 Å². The lowest BCUT2D eigenvalue weighted by Gasteiger charge is -2.14. The molecule has 0 saturated carbocycles. The van der Waals surface area contributed by atoms with Gasteiger partial charge in [-0.2, -0.15) is 21.6 Å². The standard InChI is InChI=1S/C23H17Cl.C11H6BrF3O3S.C6H6BClO2.CH4.B/c1-16-6-8-18(9-7-16)22-15-12-17-4-2-3-5-21(17)23(22)19-10-13-20(24)14-11-19;12-10-8-4-2-1-3-7(8)5-6-9(10)18-19(16,17)11(13,14)15;8-6-3-1-5(2-4-6)7(9)10;;/h2-15H,1H3;1-6H;1-4,9-10H;1H4;. The minimum absolute atomic E-state index is 0. The van der Waals surface area contributed by atoms with Crippen LogP contribution in [-0.4, -0.2) is 39.5 Å². The third kappa shape index (κ3) is 11.4. The Kier molecular flexibility index (Phi) is 16.0. The van der Waals surface area contributed by atoms with E-state index in [2.05, 4.69) is 99.8 Å². The third-order valence-corrected chi connectivity index (χ3v) is 10.2. The Morgan fingerprint density at radius 3 is 1.67 bits per heavy atom. The summed E-state index contributed by atoms with van der Waals surface area (Å²) in [6.07, 6.45) is 0. The van der Waals surface area contributed by atoms with Gasteiger partial charge in [0.1, 0.15) is 0 Å². The van der Waals surface area contributed by atoms with Crippen LogP contribution in [0.4, 0.5) is 13.2 Å². The first-order valence-electron chi connectivity index (χ1n) is 15.8. The first kappa shape index (κ1) is 45.1. The van der Waals surface area contributed by atoms with E-state index in [9.17, 15) is 21.6 Å². The second-order valence-electron chi connectivity index (χ2n) is 11.6. The summed E-state index contributed by atoms with van der Waals surface area (Å²) in [6.45, 7) is 2.12. The zero-order valence-electron chi connectivity index (χ0n) is 28.3. The van der Waals surface area contributed by atoms with Gasteiger partial charge in [-0.15, -0.1) is 0 Å². The molecular formula is C41H33B2BrCl2F3O5S. The van der Waals surface area contributed by atoms with E-state index in [1.165, 1.54) is 44.7 Å². The van der Waals surface area contributed by atoms with Crippen molar-refractivity contribution in [2.45, 2.75) is 19.9 Å². The Bertz CT molecular complexity index is 2450. The van der Waals surface area contributed by atoms with Gasteiger partial charge in [-0.3, -0.25) is 0 Å². The molecule has 0 atom stereocenters. The zero-order valence-corrected chi connectivity index (χ0v) is 32.2. The van der Waals surface area contributed by atoms with E-state index in [4.69, 9.17) is 33.2 Å². The van der Waals surface area contributed by atoms with Crippen LogP contribution >= 0.6 is 39.1 Å². The summed E-state index contributed by atoms with van der Waals surface area (Å²) in [5, 5.41) is 22.4. The van der Waals surface area contributed by atoms with Crippen LogP contribution in [0.5, 0.6) is 5.75 Å². The van der Waals surface area contributed by atoms with Crippen molar-refractivity contribution < 1.29 is 35.8 Å². The van der Waals surface area contributed by atoms with Crippen molar-refractivity contribution in [2.24, 2.45) is 0 Å². The van der Waals surface area contributed by atoms with Crippen molar-refractivity contribution in [2.75, 3.05) is 0 Å². The van der Waals surface area contributed by atoms with Crippen LogP contribution in [0.25, 0.3) is 43.8 Å². The van der Waals surface area contributed by atoms with E-state index in [-0.39, 0.29) is 20.3 Å². The minimum Gasteiger partial charge on any atom is -0.423 e. The zero-order chi connectivity index (χ0) is 38.3. The topological polar surface area (TPSA) is 83.8 Å². The van der Waals surface area contributed by atoms with Crippen molar-refractivity contribution in [1.29, 1.82) is 0 Å². The fourth-order valence-electron chi connectivity index (χ4n) is 5.25. The Labute approximate surface area is 339 Å². The second kappa shape index (κ2) is 19.5. The average Bonchev–Trinajstić information content (AvgIpc) is 3.13. The molecule has 0 heterocycles. The Hall–Kier alpha value is -4.29. The van der Waals surface area contributed by atoms with Gasteiger partial charge >= 0.3 is 22.7 Å². The maximum absolute atomic E-state index is 12.2. The van der Waals surface area contributed by atoms with Gasteiger partial charge in [0, 0.05) is 18.5 Å². The lowest BCUT2D eigenvalue weighted by Crippen LogP contribution is -2.29. The molecule has 7 rings (SSSR count). The van der Waals surface area contributed by atoms with Gasteiger partial charge in [-0.25, -0.2) is 0 Å². The van der Waals surface area contributed by atoms with Gasteiger partial charge in [0.25, 0.3) is 0 Å². The number of hydrogen-bond acceptors (Lipinski definition) is 5. The Morgan fingerprint density at radius 1 is 0.655 bits per heavy atom. The number of rotatable bonds is 5. The molecule has 0 aliphatic rings. The first-order valence-corrected chi connectivity index (χ1v) is 18.7. The summed E-state index contributed by atoms with van der Waals surface area (Å²) in [7, 11) is -7.08. The van der Waals surface area contributed by atoms with Crippen molar-refractivity contribution >= 4 is 91.8 Å². The highest BCUT2D eigenvalue weighted by Crippen LogP contribution is 2.39. The predicted molar refractivity (Wildman–Crippen MR) is 226 cm³/mol. The molecule has 0 fully saturated rings. The summed E-state index contributed by atoms with van der Waals surface area (Å²) < 4.78 is 62.8. The fraction of sp³-hybridized carbons (Fsp3) is 0.0732. The highest BCUT2D eigenvalue weighted by atomic mass is 79.9. The van der Waals surface area contributed by atoms with Crippen LogP contribution in [0.3, 0.4) is 0 Å². The molecule has 7 aromatic rings. The quantitative estimate of drug-likeness (QED) is 0.102. The minimum atomic E-state index is -5.67. The Balaban J connectivity index is 0.000000235. The molecule has 0 bridgehead atoms. The van der Waals surface area contributed by atoms with Gasteiger partial charge in [0.2, 0.25) is 0 Å². The number of fused-ring (bicyclic) bond motifs is 2. The van der Waals surface area contributed by atoms with Gasteiger partial charge < -0.3 is 14.2 Å². The highest BCUT2D eigenvalue weighted by Gasteiger charge is 2.48. The van der Waals surface area contributed by atoms with Crippen LogP contribution in [-0.2, 0) is 10.1 Å². The van der Waals surface area contributed by atoms with Crippen molar-refractivity contribution in [3.05, 3.63) is 166 Å². The van der Waals surface area contributed by atoms with Gasteiger partial charge in [-0.05, 0) is 102 Å². The van der Waals surface area contributed by atoms with E-state index in [1.807, 2.05) is 12.1 Å². The van der Waals surface area contributed by atoms with Gasteiger partial charge in [0.15, 0.2) is 5.75 Å². The van der Waals surface area contributed by atoms with Crippen LogP contribution in [0, 0.1) is 6.92 Å². The lowest BCUT2D eigenvalue weighted by atomic mass is 9.81. The molecule has 0 aliphatic carbocycles. The molecule has 7 aromatic carbocycles.